The van der Waals surface area contributed by atoms with Crippen molar-refractivity contribution in [3.63, 3.8) is 0 Å². The Morgan fingerprint density at radius 3 is 2.34 bits per heavy atom. The minimum absolute atomic E-state index is 0.00555. The second-order valence-electron chi connectivity index (χ2n) is 8.20. The fourth-order valence-electron chi connectivity index (χ4n) is 3.97. The number of carbonyl (C=O) groups is 2. The van der Waals surface area contributed by atoms with Gasteiger partial charge in [-0.05, 0) is 48.7 Å². The number of likely N-dealkylation sites (tertiary alicyclic amines) is 1. The fourth-order valence-corrected chi connectivity index (χ4v) is 3.97. The van der Waals surface area contributed by atoms with Crippen LogP contribution in [0.25, 0.3) is 6.08 Å². The molecule has 2 fully saturated rings. The maximum absolute atomic E-state index is 12.5. The van der Waals surface area contributed by atoms with Gasteiger partial charge in [0.05, 0.1) is 12.2 Å². The predicted octanol–water partition coefficient (Wildman–Crippen LogP) is 2.44. The van der Waals surface area contributed by atoms with Crippen LogP contribution in [0.3, 0.4) is 0 Å². The minimum Gasteiger partial charge on any atom is -0.487 e. The lowest BCUT2D eigenvalue weighted by molar-refractivity contribution is -0.132. The van der Waals surface area contributed by atoms with Crippen LogP contribution in [-0.2, 0) is 16.2 Å². The van der Waals surface area contributed by atoms with Crippen LogP contribution in [0.5, 0.6) is 5.75 Å². The molecule has 2 saturated heterocycles. The highest BCUT2D eigenvalue weighted by atomic mass is 16.5. The van der Waals surface area contributed by atoms with Gasteiger partial charge in [-0.1, -0.05) is 18.2 Å². The Morgan fingerprint density at radius 1 is 0.906 bits per heavy atom. The molecule has 0 spiro atoms. The average molecular weight is 435 g/mol. The van der Waals surface area contributed by atoms with Gasteiger partial charge in [-0.2, -0.15) is 0 Å². The third-order valence-corrected chi connectivity index (χ3v) is 5.91. The molecule has 0 saturated carbocycles. The molecule has 2 aliphatic rings. The molecule has 1 aromatic carbocycles. The van der Waals surface area contributed by atoms with Crippen molar-refractivity contribution >= 4 is 17.9 Å². The molecule has 0 radical (unpaired) electrons. The lowest BCUT2D eigenvalue weighted by Gasteiger charge is -2.34. The van der Waals surface area contributed by atoms with Crippen LogP contribution in [0.1, 0.15) is 24.1 Å². The van der Waals surface area contributed by atoms with Crippen LogP contribution < -0.4 is 4.74 Å². The number of benzene rings is 1. The molecule has 4 rings (SSSR count). The molecule has 168 valence electrons. The van der Waals surface area contributed by atoms with E-state index in [4.69, 9.17) is 4.74 Å². The summed E-state index contributed by atoms with van der Waals surface area (Å²) in [6, 6.07) is 13.4. The molecule has 7 heteroatoms. The lowest BCUT2D eigenvalue weighted by atomic mass is 10.2. The Labute approximate surface area is 189 Å². The number of aromatic nitrogens is 1. The number of carbonyl (C=O) groups excluding carboxylic acids is 2. The molecule has 0 N–H and O–H groups in total. The number of amides is 2. The number of ether oxygens (including phenoxy) is 1. The van der Waals surface area contributed by atoms with E-state index in [1.807, 2.05) is 58.3 Å². The standard InChI is InChI=1S/C25H30N4O3/c30-24(29-17-15-27(16-18-29)19-25(31)28-13-3-4-14-28)11-8-21-6-9-23(10-7-21)32-20-22-5-1-2-12-26-22/h1-2,5-12H,3-4,13-20H2/b11-8+. The van der Waals surface area contributed by atoms with E-state index >= 15 is 0 Å². The van der Waals surface area contributed by atoms with Gasteiger partial charge in [-0.25, -0.2) is 0 Å². The molecule has 32 heavy (non-hydrogen) atoms. The SMILES string of the molecule is O=C(/C=C/c1ccc(OCc2ccccn2)cc1)N1CCN(CC(=O)N2CCCC2)CC1. The first-order chi connectivity index (χ1) is 15.7. The van der Waals surface area contributed by atoms with Gasteiger partial charge in [0.2, 0.25) is 11.8 Å². The summed E-state index contributed by atoms with van der Waals surface area (Å²) in [4.78, 5) is 35.0. The van der Waals surface area contributed by atoms with Gasteiger partial charge >= 0.3 is 0 Å². The molecule has 0 bridgehead atoms. The quantitative estimate of drug-likeness (QED) is 0.627. The molecule has 7 nitrogen and oxygen atoms in total. The highest BCUT2D eigenvalue weighted by Crippen LogP contribution is 2.15. The minimum atomic E-state index is 0.00555. The third kappa shape index (κ3) is 6.17. The highest BCUT2D eigenvalue weighted by molar-refractivity contribution is 5.91. The molecular formula is C25H30N4O3. The van der Waals surface area contributed by atoms with Crippen molar-refractivity contribution in [1.29, 1.82) is 0 Å². The van der Waals surface area contributed by atoms with Crippen LogP contribution in [0.4, 0.5) is 0 Å². The van der Waals surface area contributed by atoms with E-state index in [0.29, 0.717) is 26.2 Å². The van der Waals surface area contributed by atoms with Crippen LogP contribution >= 0.6 is 0 Å². The van der Waals surface area contributed by atoms with Crippen molar-refractivity contribution < 1.29 is 14.3 Å². The zero-order valence-electron chi connectivity index (χ0n) is 18.4. The zero-order valence-corrected chi connectivity index (χ0v) is 18.4. The first kappa shape index (κ1) is 22.0. The normalized spacial score (nSPS) is 17.1. The number of hydrogen-bond donors (Lipinski definition) is 0. The summed E-state index contributed by atoms with van der Waals surface area (Å²) in [7, 11) is 0. The van der Waals surface area contributed by atoms with E-state index < -0.39 is 0 Å². The summed E-state index contributed by atoms with van der Waals surface area (Å²) in [5.74, 6) is 0.986. The fraction of sp³-hybridized carbons (Fsp3) is 0.400. The predicted molar refractivity (Wildman–Crippen MR) is 123 cm³/mol. The van der Waals surface area contributed by atoms with Gasteiger partial charge < -0.3 is 14.5 Å². The zero-order chi connectivity index (χ0) is 22.2. The van der Waals surface area contributed by atoms with Crippen molar-refractivity contribution in [2.45, 2.75) is 19.4 Å². The van der Waals surface area contributed by atoms with Crippen molar-refractivity contribution in [3.8, 4) is 5.75 Å². The highest BCUT2D eigenvalue weighted by Gasteiger charge is 2.24. The molecule has 1 aromatic heterocycles. The topological polar surface area (TPSA) is 66.0 Å². The van der Waals surface area contributed by atoms with Crippen LogP contribution in [-0.4, -0.2) is 77.3 Å². The van der Waals surface area contributed by atoms with Gasteiger partial charge in [0.25, 0.3) is 0 Å². The van der Waals surface area contributed by atoms with Crippen molar-refractivity contribution in [2.24, 2.45) is 0 Å². The second-order valence-corrected chi connectivity index (χ2v) is 8.20. The van der Waals surface area contributed by atoms with Crippen molar-refractivity contribution in [1.82, 2.24) is 19.7 Å². The smallest absolute Gasteiger partial charge is 0.246 e. The van der Waals surface area contributed by atoms with E-state index in [9.17, 15) is 9.59 Å². The lowest BCUT2D eigenvalue weighted by Crippen LogP contribution is -2.51. The first-order valence-electron chi connectivity index (χ1n) is 11.3. The van der Waals surface area contributed by atoms with Crippen molar-refractivity contribution in [3.05, 3.63) is 66.0 Å². The molecule has 0 atom stereocenters. The summed E-state index contributed by atoms with van der Waals surface area (Å²) in [6.07, 6.45) is 7.42. The van der Waals surface area contributed by atoms with Gasteiger partial charge in [0.1, 0.15) is 12.4 Å². The van der Waals surface area contributed by atoms with E-state index in [1.165, 1.54) is 0 Å². The maximum Gasteiger partial charge on any atom is 0.246 e. The summed E-state index contributed by atoms with van der Waals surface area (Å²) < 4.78 is 5.74. The van der Waals surface area contributed by atoms with Gasteiger partial charge in [-0.3, -0.25) is 19.5 Å². The Bertz CT molecular complexity index is 916. The molecule has 2 aromatic rings. The van der Waals surface area contributed by atoms with E-state index in [0.717, 1.165) is 56.0 Å². The average Bonchev–Trinajstić information content (AvgIpc) is 3.38. The number of pyridine rings is 1. The Kier molecular flexibility index (Phi) is 7.51. The largest absolute Gasteiger partial charge is 0.487 e. The van der Waals surface area contributed by atoms with Crippen LogP contribution in [0.15, 0.2) is 54.7 Å². The maximum atomic E-state index is 12.5. The molecular weight excluding hydrogens is 404 g/mol. The first-order valence-corrected chi connectivity index (χ1v) is 11.3. The Morgan fingerprint density at radius 2 is 1.66 bits per heavy atom. The van der Waals surface area contributed by atoms with E-state index in [1.54, 1.807) is 12.3 Å². The molecule has 0 aliphatic carbocycles. The molecule has 2 aliphatic heterocycles. The monoisotopic (exact) mass is 434 g/mol. The van der Waals surface area contributed by atoms with Crippen LogP contribution in [0, 0.1) is 0 Å². The van der Waals surface area contributed by atoms with Crippen molar-refractivity contribution in [2.75, 3.05) is 45.8 Å². The second kappa shape index (κ2) is 10.9. The molecule has 3 heterocycles. The summed E-state index contributed by atoms with van der Waals surface area (Å²) in [6.45, 7) is 5.44. The Balaban J connectivity index is 1.20. The van der Waals surface area contributed by atoms with Crippen LogP contribution in [0.2, 0.25) is 0 Å². The Hall–Kier alpha value is -3.19. The number of hydrogen-bond acceptors (Lipinski definition) is 5. The third-order valence-electron chi connectivity index (χ3n) is 5.91. The van der Waals surface area contributed by atoms with Gasteiger partial charge in [0.15, 0.2) is 0 Å². The summed E-state index contributed by atoms with van der Waals surface area (Å²) in [5, 5.41) is 0. The summed E-state index contributed by atoms with van der Waals surface area (Å²) in [5.41, 5.74) is 1.82. The molecule has 2 amide bonds. The van der Waals surface area contributed by atoms with E-state index in [-0.39, 0.29) is 11.8 Å². The summed E-state index contributed by atoms with van der Waals surface area (Å²) >= 11 is 0. The van der Waals surface area contributed by atoms with Gasteiger partial charge in [-0.15, -0.1) is 0 Å². The van der Waals surface area contributed by atoms with E-state index in [2.05, 4.69) is 9.88 Å². The number of nitrogens with zero attached hydrogens (tertiary/aromatic N) is 4. The number of piperazine rings is 1. The molecule has 0 unspecified atom stereocenters. The number of rotatable bonds is 7. The van der Waals surface area contributed by atoms with Gasteiger partial charge in [0, 0.05) is 51.5 Å².